The number of nitrogens with one attached hydrogen (secondary N) is 1. The molecule has 0 aromatic rings. The Labute approximate surface area is 113 Å². The molecular weight excluding hydrogens is 224 g/mol. The average molecular weight is 256 g/mol. The van der Waals surface area contributed by atoms with E-state index in [0.29, 0.717) is 12.1 Å². The smallest absolute Gasteiger partial charge is 0.0618 e. The molecule has 0 aromatic carbocycles. The maximum atomic E-state index is 5.40. The molecule has 1 aliphatic rings. The summed E-state index contributed by atoms with van der Waals surface area (Å²) in [6, 6.07) is 1.26. The van der Waals surface area contributed by atoms with Gasteiger partial charge in [0.2, 0.25) is 0 Å². The Balaban J connectivity index is 2.54. The third-order valence-corrected chi connectivity index (χ3v) is 3.76. The Morgan fingerprint density at radius 1 is 1.39 bits per heavy atom. The van der Waals surface area contributed by atoms with Crippen molar-refractivity contribution in [3.8, 4) is 0 Å². The summed E-state index contributed by atoms with van der Waals surface area (Å²) in [5.41, 5.74) is 0. The van der Waals surface area contributed by atoms with Crippen molar-refractivity contribution >= 4 is 0 Å². The molecule has 1 heterocycles. The fourth-order valence-corrected chi connectivity index (χ4v) is 2.98. The molecule has 0 aromatic heterocycles. The molecule has 0 bridgehead atoms. The van der Waals surface area contributed by atoms with Gasteiger partial charge in [-0.05, 0) is 38.3 Å². The Morgan fingerprint density at radius 3 is 2.78 bits per heavy atom. The van der Waals surface area contributed by atoms with E-state index in [0.717, 1.165) is 12.5 Å². The van der Waals surface area contributed by atoms with Crippen molar-refractivity contribution in [3.63, 3.8) is 0 Å². The second-order valence-electron chi connectivity index (χ2n) is 6.03. The standard InChI is InChI=1S/C15H32N2O/c1-5-7-15(12-18-4)17-9-6-8-16-14(11-17)10-13(2)3/h13-16H,5-12H2,1-4H3. The van der Waals surface area contributed by atoms with Crippen molar-refractivity contribution < 1.29 is 4.74 Å². The first-order chi connectivity index (χ1) is 8.67. The second-order valence-corrected chi connectivity index (χ2v) is 6.03. The van der Waals surface area contributed by atoms with Crippen LogP contribution in [-0.2, 0) is 4.74 Å². The van der Waals surface area contributed by atoms with E-state index in [1.165, 1.54) is 45.3 Å². The van der Waals surface area contributed by atoms with Gasteiger partial charge in [-0.15, -0.1) is 0 Å². The van der Waals surface area contributed by atoms with Gasteiger partial charge in [-0.3, -0.25) is 4.90 Å². The third-order valence-electron chi connectivity index (χ3n) is 3.76. The molecule has 1 saturated heterocycles. The van der Waals surface area contributed by atoms with Gasteiger partial charge in [-0.25, -0.2) is 0 Å². The first-order valence-electron chi connectivity index (χ1n) is 7.63. The predicted molar refractivity (Wildman–Crippen MR) is 78.0 cm³/mol. The molecule has 3 heteroatoms. The molecule has 0 aliphatic carbocycles. The molecule has 2 atom stereocenters. The van der Waals surface area contributed by atoms with Crippen LogP contribution in [0.3, 0.4) is 0 Å². The van der Waals surface area contributed by atoms with Crippen LogP contribution in [0.25, 0.3) is 0 Å². The molecule has 0 amide bonds. The van der Waals surface area contributed by atoms with Crippen molar-refractivity contribution in [2.75, 3.05) is 33.4 Å². The summed E-state index contributed by atoms with van der Waals surface area (Å²) in [5.74, 6) is 0.773. The van der Waals surface area contributed by atoms with E-state index >= 15 is 0 Å². The summed E-state index contributed by atoms with van der Waals surface area (Å²) >= 11 is 0. The zero-order chi connectivity index (χ0) is 13.4. The quantitative estimate of drug-likeness (QED) is 0.757. The minimum absolute atomic E-state index is 0.606. The van der Waals surface area contributed by atoms with Gasteiger partial charge in [0.1, 0.15) is 0 Å². The number of ether oxygens (including phenoxy) is 1. The van der Waals surface area contributed by atoms with Gasteiger partial charge in [0, 0.05) is 25.7 Å². The monoisotopic (exact) mass is 256 g/mol. The van der Waals surface area contributed by atoms with Crippen LogP contribution in [-0.4, -0.2) is 50.3 Å². The molecule has 0 saturated carbocycles. The lowest BCUT2D eigenvalue weighted by molar-refractivity contribution is 0.0817. The minimum Gasteiger partial charge on any atom is -0.383 e. The number of hydrogen-bond donors (Lipinski definition) is 1. The van der Waals surface area contributed by atoms with Gasteiger partial charge in [0.25, 0.3) is 0 Å². The van der Waals surface area contributed by atoms with Crippen molar-refractivity contribution in [2.24, 2.45) is 5.92 Å². The largest absolute Gasteiger partial charge is 0.383 e. The van der Waals surface area contributed by atoms with Crippen molar-refractivity contribution in [1.29, 1.82) is 0 Å². The molecule has 18 heavy (non-hydrogen) atoms. The third kappa shape index (κ3) is 5.68. The molecule has 2 unspecified atom stereocenters. The van der Waals surface area contributed by atoms with E-state index in [1.807, 2.05) is 7.11 Å². The SMILES string of the molecule is CCCC(COC)N1CCCNC(CC(C)C)C1. The zero-order valence-electron chi connectivity index (χ0n) is 12.7. The van der Waals surface area contributed by atoms with Gasteiger partial charge in [-0.2, -0.15) is 0 Å². The average Bonchev–Trinajstić information content (AvgIpc) is 2.53. The van der Waals surface area contributed by atoms with E-state index in [9.17, 15) is 0 Å². The molecule has 108 valence electrons. The molecular formula is C15H32N2O. The number of methoxy groups -OCH3 is 1. The lowest BCUT2D eigenvalue weighted by Gasteiger charge is -2.32. The normalized spacial score (nSPS) is 24.2. The van der Waals surface area contributed by atoms with E-state index in [2.05, 4.69) is 31.0 Å². The second kappa shape index (κ2) is 8.89. The first-order valence-corrected chi connectivity index (χ1v) is 7.63. The molecule has 3 nitrogen and oxygen atoms in total. The Bertz CT molecular complexity index is 203. The fourth-order valence-electron chi connectivity index (χ4n) is 2.98. The number of nitrogens with zero attached hydrogens (tertiary/aromatic N) is 1. The summed E-state index contributed by atoms with van der Waals surface area (Å²) in [6.45, 7) is 11.3. The van der Waals surface area contributed by atoms with Crippen LogP contribution in [0.4, 0.5) is 0 Å². The Hall–Kier alpha value is -0.120. The van der Waals surface area contributed by atoms with Crippen LogP contribution in [0.2, 0.25) is 0 Å². The van der Waals surface area contributed by atoms with E-state index < -0.39 is 0 Å². The Morgan fingerprint density at radius 2 is 2.17 bits per heavy atom. The summed E-state index contributed by atoms with van der Waals surface area (Å²) in [6.07, 6.45) is 5.04. The van der Waals surface area contributed by atoms with Gasteiger partial charge in [0.15, 0.2) is 0 Å². The van der Waals surface area contributed by atoms with Gasteiger partial charge in [0.05, 0.1) is 6.61 Å². The van der Waals surface area contributed by atoms with Gasteiger partial charge >= 0.3 is 0 Å². The van der Waals surface area contributed by atoms with Crippen molar-refractivity contribution in [2.45, 2.75) is 58.5 Å². The lowest BCUT2D eigenvalue weighted by atomic mass is 10.0. The highest BCUT2D eigenvalue weighted by atomic mass is 16.5. The molecule has 1 aliphatic heterocycles. The Kier molecular flexibility index (Phi) is 7.87. The molecule has 1 rings (SSSR count). The van der Waals surface area contributed by atoms with E-state index in [4.69, 9.17) is 4.74 Å². The molecule has 1 N–H and O–H groups in total. The van der Waals surface area contributed by atoms with Crippen LogP contribution < -0.4 is 5.32 Å². The highest BCUT2D eigenvalue weighted by Crippen LogP contribution is 2.15. The maximum absolute atomic E-state index is 5.40. The highest BCUT2D eigenvalue weighted by molar-refractivity contribution is 4.81. The van der Waals surface area contributed by atoms with E-state index in [1.54, 1.807) is 0 Å². The van der Waals surface area contributed by atoms with Crippen LogP contribution in [0.5, 0.6) is 0 Å². The topological polar surface area (TPSA) is 24.5 Å². The van der Waals surface area contributed by atoms with Gasteiger partial charge < -0.3 is 10.1 Å². The maximum Gasteiger partial charge on any atom is 0.0618 e. The molecule has 0 spiro atoms. The number of hydrogen-bond acceptors (Lipinski definition) is 3. The predicted octanol–water partition coefficient (Wildman–Crippen LogP) is 2.51. The van der Waals surface area contributed by atoms with Crippen LogP contribution in [0.15, 0.2) is 0 Å². The van der Waals surface area contributed by atoms with Crippen LogP contribution in [0.1, 0.15) is 46.5 Å². The van der Waals surface area contributed by atoms with Crippen molar-refractivity contribution in [1.82, 2.24) is 10.2 Å². The summed E-state index contributed by atoms with van der Waals surface area (Å²) in [4.78, 5) is 2.65. The fraction of sp³-hybridized carbons (Fsp3) is 1.00. The summed E-state index contributed by atoms with van der Waals surface area (Å²) < 4.78 is 5.40. The van der Waals surface area contributed by atoms with Crippen LogP contribution in [0, 0.1) is 5.92 Å². The van der Waals surface area contributed by atoms with Crippen molar-refractivity contribution in [3.05, 3.63) is 0 Å². The summed E-state index contributed by atoms with van der Waals surface area (Å²) in [5, 5.41) is 3.70. The van der Waals surface area contributed by atoms with Crippen LogP contribution >= 0.6 is 0 Å². The van der Waals surface area contributed by atoms with Gasteiger partial charge in [-0.1, -0.05) is 27.2 Å². The first kappa shape index (κ1) is 15.9. The highest BCUT2D eigenvalue weighted by Gasteiger charge is 2.23. The van der Waals surface area contributed by atoms with E-state index in [-0.39, 0.29) is 0 Å². The molecule has 0 radical (unpaired) electrons. The summed E-state index contributed by atoms with van der Waals surface area (Å²) in [7, 11) is 1.82. The zero-order valence-corrected chi connectivity index (χ0v) is 12.7. The minimum atomic E-state index is 0.606. The lowest BCUT2D eigenvalue weighted by Crippen LogP contribution is -2.45. The number of rotatable bonds is 7. The molecule has 1 fully saturated rings.